The molecule has 0 bridgehead atoms. The van der Waals surface area contributed by atoms with E-state index in [1.54, 1.807) is 0 Å². The first-order valence-corrected chi connectivity index (χ1v) is 5.94. The highest BCUT2D eigenvalue weighted by atomic mass is 14.9. The van der Waals surface area contributed by atoms with E-state index in [9.17, 15) is 0 Å². The normalized spacial score (nSPS) is 12.8. The number of aromatic nitrogens is 1. The van der Waals surface area contributed by atoms with Crippen molar-refractivity contribution in [1.82, 2.24) is 10.3 Å². The van der Waals surface area contributed by atoms with Crippen molar-refractivity contribution < 1.29 is 0 Å². The number of hydrogen-bond acceptors (Lipinski definition) is 3. The van der Waals surface area contributed by atoms with Crippen LogP contribution >= 0.6 is 0 Å². The fourth-order valence-corrected chi connectivity index (χ4v) is 2.21. The average Bonchev–Trinajstić information content (AvgIpc) is 2.16. The second kappa shape index (κ2) is 5.97. The van der Waals surface area contributed by atoms with Crippen molar-refractivity contribution in [1.29, 1.82) is 0 Å². The van der Waals surface area contributed by atoms with Gasteiger partial charge in [0, 0.05) is 17.4 Å². The van der Waals surface area contributed by atoms with Gasteiger partial charge in [-0.3, -0.25) is 4.98 Å². The lowest BCUT2D eigenvalue weighted by atomic mass is 10.0. The van der Waals surface area contributed by atoms with Gasteiger partial charge < -0.3 is 11.1 Å². The van der Waals surface area contributed by atoms with Crippen molar-refractivity contribution in [3.63, 3.8) is 0 Å². The Balaban J connectivity index is 2.78. The Bertz CT molecular complexity index is 324. The van der Waals surface area contributed by atoms with Gasteiger partial charge in [0.15, 0.2) is 0 Å². The molecule has 1 heterocycles. The second-order valence-corrected chi connectivity index (χ2v) is 4.40. The van der Waals surface area contributed by atoms with Crippen LogP contribution in [0.1, 0.15) is 41.9 Å². The number of hydrogen-bond donors (Lipinski definition) is 2. The molecular formula is C13H23N3. The Morgan fingerprint density at radius 2 is 2.06 bits per heavy atom. The molecule has 0 aromatic carbocycles. The van der Waals surface area contributed by atoms with E-state index in [2.05, 4.69) is 37.1 Å². The van der Waals surface area contributed by atoms with Crippen molar-refractivity contribution in [3.8, 4) is 0 Å². The molecular weight excluding hydrogens is 198 g/mol. The molecule has 0 saturated carbocycles. The highest BCUT2D eigenvalue weighted by Crippen LogP contribution is 2.20. The molecule has 90 valence electrons. The molecule has 0 radical (unpaired) electrons. The molecule has 0 aliphatic heterocycles. The fourth-order valence-electron chi connectivity index (χ4n) is 2.21. The predicted octanol–water partition coefficient (Wildman–Crippen LogP) is 2.01. The number of nitrogens with zero attached hydrogens (tertiary/aromatic N) is 1. The van der Waals surface area contributed by atoms with Gasteiger partial charge >= 0.3 is 0 Å². The molecule has 1 atom stereocenters. The smallest absolute Gasteiger partial charge is 0.0426 e. The lowest BCUT2D eigenvalue weighted by molar-refractivity contribution is 0.555. The van der Waals surface area contributed by atoms with E-state index in [0.29, 0.717) is 6.04 Å². The summed E-state index contributed by atoms with van der Waals surface area (Å²) in [5.74, 6) is 0. The first-order valence-electron chi connectivity index (χ1n) is 5.94. The summed E-state index contributed by atoms with van der Waals surface area (Å²) < 4.78 is 0. The molecule has 1 rings (SSSR count). The summed E-state index contributed by atoms with van der Waals surface area (Å²) >= 11 is 0. The summed E-state index contributed by atoms with van der Waals surface area (Å²) in [7, 11) is 0. The van der Waals surface area contributed by atoms with Crippen LogP contribution < -0.4 is 11.1 Å². The Kier molecular flexibility index (Phi) is 4.90. The number of pyridine rings is 1. The summed E-state index contributed by atoms with van der Waals surface area (Å²) in [5.41, 5.74) is 10.3. The highest BCUT2D eigenvalue weighted by Gasteiger charge is 2.11. The molecule has 0 amide bonds. The molecule has 3 N–H and O–H groups in total. The molecule has 0 saturated heterocycles. The SMILES string of the molecule is Cc1cc(C)c(C(C)NCCCN)c(C)n1. The minimum atomic E-state index is 0.347. The van der Waals surface area contributed by atoms with Gasteiger partial charge in [-0.15, -0.1) is 0 Å². The monoisotopic (exact) mass is 221 g/mol. The van der Waals surface area contributed by atoms with Crippen molar-refractivity contribution in [2.24, 2.45) is 5.73 Å². The molecule has 3 heteroatoms. The number of nitrogens with one attached hydrogen (secondary N) is 1. The minimum absolute atomic E-state index is 0.347. The molecule has 0 fully saturated rings. The second-order valence-electron chi connectivity index (χ2n) is 4.40. The largest absolute Gasteiger partial charge is 0.330 e. The topological polar surface area (TPSA) is 50.9 Å². The fraction of sp³-hybridized carbons (Fsp3) is 0.615. The van der Waals surface area contributed by atoms with E-state index in [-0.39, 0.29) is 0 Å². The maximum Gasteiger partial charge on any atom is 0.0426 e. The van der Waals surface area contributed by atoms with Gasteiger partial charge in [-0.25, -0.2) is 0 Å². The van der Waals surface area contributed by atoms with Crippen LogP contribution in [-0.2, 0) is 0 Å². The molecule has 16 heavy (non-hydrogen) atoms. The van der Waals surface area contributed by atoms with Crippen LogP contribution in [0.4, 0.5) is 0 Å². The van der Waals surface area contributed by atoms with Gasteiger partial charge in [0.25, 0.3) is 0 Å². The summed E-state index contributed by atoms with van der Waals surface area (Å²) in [4.78, 5) is 4.52. The van der Waals surface area contributed by atoms with Gasteiger partial charge in [-0.2, -0.15) is 0 Å². The van der Waals surface area contributed by atoms with Gasteiger partial charge in [0.2, 0.25) is 0 Å². The van der Waals surface area contributed by atoms with Crippen LogP contribution in [0.25, 0.3) is 0 Å². The maximum absolute atomic E-state index is 5.48. The third-order valence-corrected chi connectivity index (χ3v) is 2.85. The number of aryl methyl sites for hydroxylation is 3. The van der Waals surface area contributed by atoms with E-state index in [1.165, 1.54) is 11.1 Å². The van der Waals surface area contributed by atoms with E-state index in [0.717, 1.165) is 30.9 Å². The minimum Gasteiger partial charge on any atom is -0.330 e. The molecule has 0 spiro atoms. The predicted molar refractivity (Wildman–Crippen MR) is 68.5 cm³/mol. The van der Waals surface area contributed by atoms with Crippen molar-refractivity contribution >= 4 is 0 Å². The summed E-state index contributed by atoms with van der Waals surface area (Å²) in [6, 6.07) is 2.49. The summed E-state index contributed by atoms with van der Waals surface area (Å²) in [5, 5.41) is 3.48. The molecule has 3 nitrogen and oxygen atoms in total. The van der Waals surface area contributed by atoms with Crippen LogP contribution in [0.3, 0.4) is 0 Å². The average molecular weight is 221 g/mol. The zero-order chi connectivity index (χ0) is 12.1. The van der Waals surface area contributed by atoms with Crippen LogP contribution in [0.15, 0.2) is 6.07 Å². The Morgan fingerprint density at radius 3 is 2.62 bits per heavy atom. The standard InChI is InChI=1S/C13H23N3/c1-9-8-10(2)16-12(4)13(9)11(3)15-7-5-6-14/h8,11,15H,5-7,14H2,1-4H3. The van der Waals surface area contributed by atoms with Crippen LogP contribution in [-0.4, -0.2) is 18.1 Å². The first-order chi connectivity index (χ1) is 7.56. The van der Waals surface area contributed by atoms with E-state index < -0.39 is 0 Å². The van der Waals surface area contributed by atoms with Crippen LogP contribution in [0.2, 0.25) is 0 Å². The van der Waals surface area contributed by atoms with Gasteiger partial charge in [0.1, 0.15) is 0 Å². The van der Waals surface area contributed by atoms with E-state index >= 15 is 0 Å². The lowest BCUT2D eigenvalue weighted by Crippen LogP contribution is -2.23. The van der Waals surface area contributed by atoms with Crippen molar-refractivity contribution in [2.45, 2.75) is 40.2 Å². The van der Waals surface area contributed by atoms with Gasteiger partial charge in [-0.1, -0.05) is 0 Å². The molecule has 0 aliphatic rings. The molecule has 1 unspecified atom stereocenters. The van der Waals surface area contributed by atoms with E-state index in [1.807, 2.05) is 6.92 Å². The summed E-state index contributed by atoms with van der Waals surface area (Å²) in [6.45, 7) is 10.2. The third-order valence-electron chi connectivity index (χ3n) is 2.85. The summed E-state index contributed by atoms with van der Waals surface area (Å²) in [6.07, 6.45) is 1.02. The third kappa shape index (κ3) is 3.29. The Hall–Kier alpha value is -0.930. The first kappa shape index (κ1) is 13.1. The highest BCUT2D eigenvalue weighted by molar-refractivity contribution is 5.33. The van der Waals surface area contributed by atoms with Gasteiger partial charge in [-0.05, 0) is 64.4 Å². The van der Waals surface area contributed by atoms with Crippen LogP contribution in [0.5, 0.6) is 0 Å². The Labute approximate surface area is 98.5 Å². The number of rotatable bonds is 5. The van der Waals surface area contributed by atoms with Gasteiger partial charge in [0.05, 0.1) is 0 Å². The van der Waals surface area contributed by atoms with Crippen molar-refractivity contribution in [2.75, 3.05) is 13.1 Å². The quantitative estimate of drug-likeness (QED) is 0.748. The molecule has 0 aliphatic carbocycles. The zero-order valence-corrected chi connectivity index (χ0v) is 10.8. The van der Waals surface area contributed by atoms with E-state index in [4.69, 9.17) is 5.73 Å². The molecule has 1 aromatic heterocycles. The van der Waals surface area contributed by atoms with Crippen LogP contribution in [0, 0.1) is 20.8 Å². The maximum atomic E-state index is 5.48. The zero-order valence-electron chi connectivity index (χ0n) is 10.8. The molecule has 1 aromatic rings. The van der Waals surface area contributed by atoms with Crippen molar-refractivity contribution in [3.05, 3.63) is 28.6 Å². The lowest BCUT2D eigenvalue weighted by Gasteiger charge is -2.19. The Morgan fingerprint density at radius 1 is 1.38 bits per heavy atom. The number of nitrogens with two attached hydrogens (primary N) is 1.